The van der Waals surface area contributed by atoms with Gasteiger partial charge >= 0.3 is 5.97 Å². The highest BCUT2D eigenvalue weighted by atomic mass is 32.1. The molecule has 0 saturated carbocycles. The number of carboxylic acids is 1. The van der Waals surface area contributed by atoms with E-state index in [2.05, 4.69) is 10.6 Å². The van der Waals surface area contributed by atoms with Crippen molar-refractivity contribution in [1.82, 2.24) is 5.32 Å². The van der Waals surface area contributed by atoms with E-state index in [-0.39, 0.29) is 5.91 Å². The first-order valence-electron chi connectivity index (χ1n) is 4.81. The van der Waals surface area contributed by atoms with Crippen LogP contribution in [0.2, 0.25) is 0 Å². The highest BCUT2D eigenvalue weighted by molar-refractivity contribution is 7.18. The van der Waals surface area contributed by atoms with Crippen molar-refractivity contribution in [3.63, 3.8) is 0 Å². The van der Waals surface area contributed by atoms with E-state index < -0.39 is 17.9 Å². The molecular formula is C10H12N2O4S. The van der Waals surface area contributed by atoms with Gasteiger partial charge in [-0.1, -0.05) is 0 Å². The zero-order chi connectivity index (χ0) is 13.0. The SMILES string of the molecule is CC(=O)Nc1ccc(C(=O)NC(C)C(=O)O)s1. The highest BCUT2D eigenvalue weighted by Crippen LogP contribution is 2.21. The normalized spacial score (nSPS) is 11.6. The number of carbonyl (C=O) groups excluding carboxylic acids is 2. The van der Waals surface area contributed by atoms with E-state index in [9.17, 15) is 14.4 Å². The van der Waals surface area contributed by atoms with Crippen LogP contribution in [0.25, 0.3) is 0 Å². The fourth-order valence-corrected chi connectivity index (χ4v) is 1.89. The van der Waals surface area contributed by atoms with Crippen LogP contribution >= 0.6 is 11.3 Å². The van der Waals surface area contributed by atoms with Crippen LogP contribution < -0.4 is 10.6 Å². The van der Waals surface area contributed by atoms with E-state index in [1.165, 1.54) is 19.9 Å². The molecule has 0 bridgehead atoms. The third-order valence-corrected chi connectivity index (χ3v) is 2.85. The van der Waals surface area contributed by atoms with Gasteiger partial charge in [0.05, 0.1) is 9.88 Å². The number of anilines is 1. The molecule has 6 nitrogen and oxygen atoms in total. The lowest BCUT2D eigenvalue weighted by atomic mass is 10.3. The summed E-state index contributed by atoms with van der Waals surface area (Å²) in [7, 11) is 0. The van der Waals surface area contributed by atoms with E-state index in [0.29, 0.717) is 9.88 Å². The fourth-order valence-electron chi connectivity index (χ4n) is 1.03. The summed E-state index contributed by atoms with van der Waals surface area (Å²) < 4.78 is 0. The molecule has 0 fully saturated rings. The van der Waals surface area contributed by atoms with Crippen molar-refractivity contribution in [2.45, 2.75) is 19.9 Å². The first-order chi connectivity index (χ1) is 7.90. The largest absolute Gasteiger partial charge is 0.480 e. The molecule has 0 spiro atoms. The van der Waals surface area contributed by atoms with Crippen molar-refractivity contribution in [3.8, 4) is 0 Å². The summed E-state index contributed by atoms with van der Waals surface area (Å²) in [6.45, 7) is 2.74. The summed E-state index contributed by atoms with van der Waals surface area (Å²) >= 11 is 1.09. The van der Waals surface area contributed by atoms with Crippen LogP contribution in [0.1, 0.15) is 23.5 Å². The average molecular weight is 256 g/mol. The van der Waals surface area contributed by atoms with Crippen LogP contribution in [-0.4, -0.2) is 28.9 Å². The Kier molecular flexibility index (Phi) is 4.22. The molecule has 1 rings (SSSR count). The Labute approximate surface area is 102 Å². The second kappa shape index (κ2) is 5.44. The first kappa shape index (κ1) is 13.2. The van der Waals surface area contributed by atoms with E-state index >= 15 is 0 Å². The van der Waals surface area contributed by atoms with Crippen molar-refractivity contribution in [2.75, 3.05) is 5.32 Å². The number of thiophene rings is 1. The van der Waals surface area contributed by atoms with Gasteiger partial charge in [0.15, 0.2) is 0 Å². The second-order valence-corrected chi connectivity index (χ2v) is 4.46. The number of rotatable bonds is 4. The molecule has 1 aromatic heterocycles. The lowest BCUT2D eigenvalue weighted by molar-refractivity contribution is -0.138. The van der Waals surface area contributed by atoms with Crippen molar-refractivity contribution in [2.24, 2.45) is 0 Å². The summed E-state index contributed by atoms with van der Waals surface area (Å²) in [5, 5.41) is 14.0. The van der Waals surface area contributed by atoms with E-state index in [1.807, 2.05) is 0 Å². The number of carbonyl (C=O) groups is 3. The van der Waals surface area contributed by atoms with Crippen molar-refractivity contribution >= 4 is 34.1 Å². The minimum absolute atomic E-state index is 0.224. The minimum Gasteiger partial charge on any atom is -0.480 e. The van der Waals surface area contributed by atoms with Gasteiger partial charge < -0.3 is 15.7 Å². The molecule has 0 aliphatic carbocycles. The Balaban J connectivity index is 2.67. The van der Waals surface area contributed by atoms with Crippen molar-refractivity contribution in [3.05, 3.63) is 17.0 Å². The van der Waals surface area contributed by atoms with Gasteiger partial charge in [-0.15, -0.1) is 11.3 Å². The van der Waals surface area contributed by atoms with Gasteiger partial charge in [-0.2, -0.15) is 0 Å². The molecule has 1 heterocycles. The predicted molar refractivity (Wildman–Crippen MR) is 63.2 cm³/mol. The average Bonchev–Trinajstić information content (AvgIpc) is 2.64. The monoisotopic (exact) mass is 256 g/mol. The van der Waals surface area contributed by atoms with Gasteiger partial charge in [0.1, 0.15) is 6.04 Å². The molecule has 0 aliphatic rings. The lowest BCUT2D eigenvalue weighted by Crippen LogP contribution is -2.37. The van der Waals surface area contributed by atoms with Gasteiger partial charge in [0.25, 0.3) is 5.91 Å². The zero-order valence-electron chi connectivity index (χ0n) is 9.31. The molecular weight excluding hydrogens is 244 g/mol. The van der Waals surface area contributed by atoms with Gasteiger partial charge in [-0.3, -0.25) is 14.4 Å². The maximum atomic E-state index is 11.6. The molecule has 7 heteroatoms. The van der Waals surface area contributed by atoms with Crippen molar-refractivity contribution < 1.29 is 19.5 Å². The van der Waals surface area contributed by atoms with Crippen LogP contribution in [0.5, 0.6) is 0 Å². The summed E-state index contributed by atoms with van der Waals surface area (Å²) in [4.78, 5) is 33.3. The highest BCUT2D eigenvalue weighted by Gasteiger charge is 2.16. The smallest absolute Gasteiger partial charge is 0.325 e. The Morgan fingerprint density at radius 2 is 2.00 bits per heavy atom. The van der Waals surface area contributed by atoms with Crippen molar-refractivity contribution in [1.29, 1.82) is 0 Å². The number of hydrogen-bond donors (Lipinski definition) is 3. The van der Waals surface area contributed by atoms with Crippen LogP contribution in [0, 0.1) is 0 Å². The van der Waals surface area contributed by atoms with Crippen LogP contribution in [0.3, 0.4) is 0 Å². The molecule has 0 saturated heterocycles. The van der Waals surface area contributed by atoms with Gasteiger partial charge in [0.2, 0.25) is 5.91 Å². The molecule has 17 heavy (non-hydrogen) atoms. The third-order valence-electron chi connectivity index (χ3n) is 1.85. The number of amides is 2. The molecule has 3 N–H and O–H groups in total. The maximum absolute atomic E-state index is 11.6. The zero-order valence-corrected chi connectivity index (χ0v) is 10.1. The Hall–Kier alpha value is -1.89. The van der Waals surface area contributed by atoms with Gasteiger partial charge in [-0.05, 0) is 19.1 Å². The van der Waals surface area contributed by atoms with Gasteiger partial charge in [0, 0.05) is 6.92 Å². The molecule has 2 amide bonds. The molecule has 1 unspecified atom stereocenters. The number of hydrogen-bond acceptors (Lipinski definition) is 4. The summed E-state index contributed by atoms with van der Waals surface area (Å²) in [6, 6.07) is 2.17. The van der Waals surface area contributed by atoms with Crippen LogP contribution in [-0.2, 0) is 9.59 Å². The Bertz CT molecular complexity index is 455. The molecule has 92 valence electrons. The topological polar surface area (TPSA) is 95.5 Å². The predicted octanol–water partition coefficient (Wildman–Crippen LogP) is 0.909. The minimum atomic E-state index is -1.10. The van der Waals surface area contributed by atoms with E-state index in [0.717, 1.165) is 11.3 Å². The second-order valence-electron chi connectivity index (χ2n) is 3.38. The molecule has 1 atom stereocenters. The molecule has 1 aromatic rings. The maximum Gasteiger partial charge on any atom is 0.325 e. The molecule has 0 radical (unpaired) electrons. The number of nitrogens with one attached hydrogen (secondary N) is 2. The lowest BCUT2D eigenvalue weighted by Gasteiger charge is -2.07. The Morgan fingerprint density at radius 3 is 2.53 bits per heavy atom. The van der Waals surface area contributed by atoms with E-state index in [1.54, 1.807) is 6.07 Å². The third kappa shape index (κ3) is 3.87. The number of carboxylic acid groups (broad SMARTS) is 1. The van der Waals surface area contributed by atoms with Crippen LogP contribution in [0.4, 0.5) is 5.00 Å². The molecule has 0 aromatic carbocycles. The fraction of sp³-hybridized carbons (Fsp3) is 0.300. The summed E-state index contributed by atoms with van der Waals surface area (Å²) in [5.41, 5.74) is 0. The quantitative estimate of drug-likeness (QED) is 0.746. The summed E-state index contributed by atoms with van der Waals surface area (Å²) in [5.74, 6) is -1.80. The van der Waals surface area contributed by atoms with Gasteiger partial charge in [-0.25, -0.2) is 0 Å². The standard InChI is InChI=1S/C10H12N2O4S/c1-5(10(15)16)11-9(14)7-3-4-8(17-7)12-6(2)13/h3-5H,1-2H3,(H,11,14)(H,12,13)(H,15,16). The van der Waals surface area contributed by atoms with Crippen LogP contribution in [0.15, 0.2) is 12.1 Å². The molecule has 0 aliphatic heterocycles. The summed E-state index contributed by atoms with van der Waals surface area (Å²) in [6.07, 6.45) is 0. The van der Waals surface area contributed by atoms with E-state index in [4.69, 9.17) is 5.11 Å². The first-order valence-corrected chi connectivity index (χ1v) is 5.63. The Morgan fingerprint density at radius 1 is 1.35 bits per heavy atom. The number of aliphatic carboxylic acids is 1.